The highest BCUT2D eigenvalue weighted by Gasteiger charge is 2.27. The quantitative estimate of drug-likeness (QED) is 0.899. The molecule has 1 aliphatic rings. The van der Waals surface area contributed by atoms with Crippen molar-refractivity contribution in [3.63, 3.8) is 0 Å². The minimum absolute atomic E-state index is 0.642. The number of hydrogen-bond acceptors (Lipinski definition) is 4. The number of nitrogens with zero attached hydrogens (tertiary/aromatic N) is 2. The summed E-state index contributed by atoms with van der Waals surface area (Å²) in [5, 5.41) is 7.14. The Morgan fingerprint density at radius 3 is 2.89 bits per heavy atom. The van der Waals surface area contributed by atoms with Crippen molar-refractivity contribution >= 4 is 11.3 Å². The van der Waals surface area contributed by atoms with E-state index < -0.39 is 0 Å². The van der Waals surface area contributed by atoms with Crippen LogP contribution in [0.5, 0.6) is 0 Å². The second kappa shape index (κ2) is 6.82. The molecule has 0 aliphatic carbocycles. The molecule has 2 unspecified atom stereocenters. The summed E-state index contributed by atoms with van der Waals surface area (Å²) in [6.07, 6.45) is 2.48. The molecule has 1 saturated heterocycles. The van der Waals surface area contributed by atoms with Crippen molar-refractivity contribution < 1.29 is 0 Å². The van der Waals surface area contributed by atoms with Crippen molar-refractivity contribution in [2.24, 2.45) is 5.92 Å². The smallest absolute Gasteiger partial charge is 0.107 e. The first-order valence-corrected chi connectivity index (χ1v) is 8.34. The van der Waals surface area contributed by atoms with Crippen molar-refractivity contribution in [1.29, 1.82) is 0 Å². The standard InChI is InChI=1S/C15H27N3S/c1-5-14-7-16-13(6-11(2)3)8-18(14)9-15-17-12(4)10-19-15/h10-11,13-14,16H,5-9H2,1-4H3. The molecule has 19 heavy (non-hydrogen) atoms. The van der Waals surface area contributed by atoms with Gasteiger partial charge in [-0.2, -0.15) is 0 Å². The number of thiazole rings is 1. The first kappa shape index (κ1) is 14.9. The maximum atomic E-state index is 4.62. The van der Waals surface area contributed by atoms with Crippen LogP contribution in [-0.4, -0.2) is 35.1 Å². The molecule has 2 heterocycles. The van der Waals surface area contributed by atoms with E-state index in [9.17, 15) is 0 Å². The summed E-state index contributed by atoms with van der Waals surface area (Å²) in [6.45, 7) is 12.3. The summed E-state index contributed by atoms with van der Waals surface area (Å²) >= 11 is 1.80. The Labute approximate surface area is 121 Å². The van der Waals surface area contributed by atoms with E-state index in [1.54, 1.807) is 11.3 Å². The molecule has 1 aromatic heterocycles. The fraction of sp³-hybridized carbons (Fsp3) is 0.800. The summed E-state index contributed by atoms with van der Waals surface area (Å²) in [7, 11) is 0. The molecule has 0 radical (unpaired) electrons. The van der Waals surface area contributed by atoms with Crippen LogP contribution in [0.25, 0.3) is 0 Å². The van der Waals surface area contributed by atoms with Gasteiger partial charge in [0, 0.05) is 36.2 Å². The molecular weight excluding hydrogens is 254 g/mol. The van der Waals surface area contributed by atoms with Gasteiger partial charge in [0.1, 0.15) is 5.01 Å². The third-order valence-corrected chi connectivity index (χ3v) is 4.80. The van der Waals surface area contributed by atoms with Gasteiger partial charge < -0.3 is 5.32 Å². The van der Waals surface area contributed by atoms with Crippen molar-refractivity contribution in [3.05, 3.63) is 16.1 Å². The van der Waals surface area contributed by atoms with Gasteiger partial charge in [-0.25, -0.2) is 4.98 Å². The van der Waals surface area contributed by atoms with Crippen LogP contribution in [0.3, 0.4) is 0 Å². The van der Waals surface area contributed by atoms with E-state index >= 15 is 0 Å². The number of nitrogens with one attached hydrogen (secondary N) is 1. The maximum Gasteiger partial charge on any atom is 0.107 e. The Morgan fingerprint density at radius 2 is 2.32 bits per heavy atom. The second-order valence-electron chi connectivity index (χ2n) is 6.11. The maximum absolute atomic E-state index is 4.62. The fourth-order valence-corrected chi connectivity index (χ4v) is 3.70. The van der Waals surface area contributed by atoms with E-state index in [-0.39, 0.29) is 0 Å². The third kappa shape index (κ3) is 4.26. The van der Waals surface area contributed by atoms with Crippen molar-refractivity contribution in [2.45, 2.75) is 59.2 Å². The van der Waals surface area contributed by atoms with Crippen molar-refractivity contribution in [1.82, 2.24) is 15.2 Å². The molecule has 0 bridgehead atoms. The summed E-state index contributed by atoms with van der Waals surface area (Å²) in [6, 6.07) is 1.30. The summed E-state index contributed by atoms with van der Waals surface area (Å²) in [4.78, 5) is 7.24. The largest absolute Gasteiger partial charge is 0.311 e. The summed E-state index contributed by atoms with van der Waals surface area (Å²) in [5.41, 5.74) is 1.15. The predicted molar refractivity (Wildman–Crippen MR) is 82.6 cm³/mol. The average Bonchev–Trinajstić information content (AvgIpc) is 2.74. The molecule has 3 nitrogen and oxygen atoms in total. The molecule has 1 aromatic rings. The van der Waals surface area contributed by atoms with E-state index in [1.165, 1.54) is 17.8 Å². The van der Waals surface area contributed by atoms with Gasteiger partial charge in [-0.1, -0.05) is 20.8 Å². The number of hydrogen-bond donors (Lipinski definition) is 1. The minimum Gasteiger partial charge on any atom is -0.311 e. The lowest BCUT2D eigenvalue weighted by atomic mass is 9.99. The van der Waals surface area contributed by atoms with E-state index in [4.69, 9.17) is 0 Å². The SMILES string of the molecule is CCC1CNC(CC(C)C)CN1Cc1nc(C)cs1. The molecule has 1 aliphatic heterocycles. The first-order valence-electron chi connectivity index (χ1n) is 7.47. The zero-order chi connectivity index (χ0) is 13.8. The molecule has 0 amide bonds. The lowest BCUT2D eigenvalue weighted by Crippen LogP contribution is -2.56. The Balaban J connectivity index is 1.97. The summed E-state index contributed by atoms with van der Waals surface area (Å²) < 4.78 is 0. The van der Waals surface area contributed by atoms with Crippen LogP contribution in [0.2, 0.25) is 0 Å². The topological polar surface area (TPSA) is 28.2 Å². The van der Waals surface area contributed by atoms with Crippen molar-refractivity contribution in [3.8, 4) is 0 Å². The van der Waals surface area contributed by atoms with Gasteiger partial charge in [0.25, 0.3) is 0 Å². The molecule has 1 fully saturated rings. The number of rotatable bonds is 5. The summed E-state index contributed by atoms with van der Waals surface area (Å²) in [5.74, 6) is 0.764. The van der Waals surface area contributed by atoms with Crippen molar-refractivity contribution in [2.75, 3.05) is 13.1 Å². The normalized spacial score (nSPS) is 25.1. The molecule has 2 atom stereocenters. The Morgan fingerprint density at radius 1 is 1.53 bits per heavy atom. The number of aryl methyl sites for hydroxylation is 1. The van der Waals surface area contributed by atoms with Crippen LogP contribution < -0.4 is 5.32 Å². The van der Waals surface area contributed by atoms with Crippen LogP contribution in [0.15, 0.2) is 5.38 Å². The van der Waals surface area contributed by atoms with Crippen LogP contribution >= 0.6 is 11.3 Å². The van der Waals surface area contributed by atoms with Crippen LogP contribution in [0.4, 0.5) is 0 Å². The van der Waals surface area contributed by atoms with E-state index in [0.29, 0.717) is 12.1 Å². The predicted octanol–water partition coefficient (Wildman–Crippen LogP) is 3.05. The Hall–Kier alpha value is -0.450. The number of piperazine rings is 1. The molecule has 0 spiro atoms. The monoisotopic (exact) mass is 281 g/mol. The molecule has 4 heteroatoms. The molecule has 2 rings (SSSR count). The Kier molecular flexibility index (Phi) is 5.37. The second-order valence-corrected chi connectivity index (χ2v) is 7.05. The average molecular weight is 281 g/mol. The van der Waals surface area contributed by atoms with E-state index in [0.717, 1.165) is 31.2 Å². The van der Waals surface area contributed by atoms with Gasteiger partial charge in [0.2, 0.25) is 0 Å². The molecule has 0 saturated carbocycles. The van der Waals surface area contributed by atoms with Crippen LogP contribution in [0.1, 0.15) is 44.3 Å². The Bertz CT molecular complexity index is 388. The van der Waals surface area contributed by atoms with Crippen LogP contribution in [-0.2, 0) is 6.54 Å². The molecular formula is C15H27N3S. The zero-order valence-electron chi connectivity index (χ0n) is 12.6. The first-order chi connectivity index (χ1) is 9.08. The minimum atomic E-state index is 0.642. The van der Waals surface area contributed by atoms with Gasteiger partial charge in [0.15, 0.2) is 0 Å². The lowest BCUT2D eigenvalue weighted by Gasteiger charge is -2.40. The molecule has 0 aromatic carbocycles. The third-order valence-electron chi connectivity index (χ3n) is 3.85. The highest BCUT2D eigenvalue weighted by molar-refractivity contribution is 7.09. The van der Waals surface area contributed by atoms with Gasteiger partial charge in [0.05, 0.1) is 6.54 Å². The van der Waals surface area contributed by atoms with Gasteiger partial charge in [-0.15, -0.1) is 11.3 Å². The highest BCUT2D eigenvalue weighted by atomic mass is 32.1. The molecule has 1 N–H and O–H groups in total. The zero-order valence-corrected chi connectivity index (χ0v) is 13.5. The van der Waals surface area contributed by atoms with E-state index in [2.05, 4.69) is 48.3 Å². The van der Waals surface area contributed by atoms with E-state index in [1.807, 2.05) is 0 Å². The highest BCUT2D eigenvalue weighted by Crippen LogP contribution is 2.19. The fourth-order valence-electron chi connectivity index (χ4n) is 2.90. The van der Waals surface area contributed by atoms with Gasteiger partial charge in [-0.3, -0.25) is 4.90 Å². The molecule has 108 valence electrons. The van der Waals surface area contributed by atoms with Crippen LogP contribution in [0, 0.1) is 12.8 Å². The van der Waals surface area contributed by atoms with Gasteiger partial charge >= 0.3 is 0 Å². The lowest BCUT2D eigenvalue weighted by molar-refractivity contribution is 0.111. The number of aromatic nitrogens is 1. The van der Waals surface area contributed by atoms with Gasteiger partial charge in [-0.05, 0) is 25.7 Å².